The third-order valence-electron chi connectivity index (χ3n) is 3.99. The Morgan fingerprint density at radius 1 is 1.00 bits per heavy atom. The second-order valence-electron chi connectivity index (χ2n) is 6.04. The molecule has 0 bridgehead atoms. The van der Waals surface area contributed by atoms with Crippen molar-refractivity contribution in [3.63, 3.8) is 0 Å². The number of nitrogens with two attached hydrogens (primary N) is 1. The first-order valence-corrected chi connectivity index (χ1v) is 8.37. The molecule has 5 heteroatoms. The van der Waals surface area contributed by atoms with Crippen molar-refractivity contribution >= 4 is 28.7 Å². The Hall–Kier alpha value is -3.08. The summed E-state index contributed by atoms with van der Waals surface area (Å²) < 4.78 is 0. The van der Waals surface area contributed by atoms with Crippen LogP contribution in [0.15, 0.2) is 54.9 Å². The molecular formula is C20H23N5. The highest BCUT2D eigenvalue weighted by molar-refractivity contribution is 5.81. The SMILES string of the molecule is CCN(c1ccccc1)c1ncnc(Nc2cc(C)cc(C)c2)c1N. The monoisotopic (exact) mass is 333 g/mol. The quantitative estimate of drug-likeness (QED) is 0.715. The highest BCUT2D eigenvalue weighted by Gasteiger charge is 2.15. The zero-order valence-corrected chi connectivity index (χ0v) is 14.8. The first-order chi connectivity index (χ1) is 12.1. The summed E-state index contributed by atoms with van der Waals surface area (Å²) in [7, 11) is 0. The van der Waals surface area contributed by atoms with E-state index in [1.165, 1.54) is 11.1 Å². The van der Waals surface area contributed by atoms with Gasteiger partial charge in [0, 0.05) is 17.9 Å². The minimum Gasteiger partial charge on any atom is -0.393 e. The molecule has 3 rings (SSSR count). The molecule has 3 aromatic rings. The maximum absolute atomic E-state index is 6.39. The van der Waals surface area contributed by atoms with Crippen LogP contribution < -0.4 is 16.0 Å². The molecule has 25 heavy (non-hydrogen) atoms. The molecular weight excluding hydrogens is 310 g/mol. The summed E-state index contributed by atoms with van der Waals surface area (Å²) in [4.78, 5) is 10.8. The molecule has 0 fully saturated rings. The van der Waals surface area contributed by atoms with Crippen LogP contribution in [-0.2, 0) is 0 Å². The smallest absolute Gasteiger partial charge is 0.161 e. The molecule has 0 saturated heterocycles. The number of aryl methyl sites for hydroxylation is 2. The molecule has 1 aromatic heterocycles. The molecule has 5 nitrogen and oxygen atoms in total. The number of nitrogens with zero attached hydrogens (tertiary/aromatic N) is 3. The van der Waals surface area contributed by atoms with E-state index in [9.17, 15) is 0 Å². The summed E-state index contributed by atoms with van der Waals surface area (Å²) in [6.07, 6.45) is 1.54. The Labute approximate surface area is 148 Å². The first kappa shape index (κ1) is 16.8. The van der Waals surface area contributed by atoms with Gasteiger partial charge in [-0.2, -0.15) is 0 Å². The van der Waals surface area contributed by atoms with Crippen molar-refractivity contribution in [1.82, 2.24) is 9.97 Å². The zero-order valence-electron chi connectivity index (χ0n) is 14.8. The molecule has 3 N–H and O–H groups in total. The first-order valence-electron chi connectivity index (χ1n) is 8.37. The van der Waals surface area contributed by atoms with E-state index in [4.69, 9.17) is 5.73 Å². The average molecular weight is 333 g/mol. The fraction of sp³-hybridized carbons (Fsp3) is 0.200. The van der Waals surface area contributed by atoms with Crippen LogP contribution in [0.2, 0.25) is 0 Å². The van der Waals surface area contributed by atoms with Gasteiger partial charge in [0.25, 0.3) is 0 Å². The third-order valence-corrected chi connectivity index (χ3v) is 3.99. The van der Waals surface area contributed by atoms with E-state index in [2.05, 4.69) is 59.2 Å². The highest BCUT2D eigenvalue weighted by atomic mass is 15.2. The number of hydrogen-bond donors (Lipinski definition) is 2. The molecule has 0 aliphatic carbocycles. The molecule has 128 valence electrons. The van der Waals surface area contributed by atoms with Crippen LogP contribution in [0.4, 0.5) is 28.7 Å². The van der Waals surface area contributed by atoms with Crippen LogP contribution in [0.1, 0.15) is 18.1 Å². The minimum atomic E-state index is 0.535. The van der Waals surface area contributed by atoms with Gasteiger partial charge in [0.2, 0.25) is 0 Å². The second kappa shape index (κ2) is 7.21. The van der Waals surface area contributed by atoms with E-state index < -0.39 is 0 Å². The average Bonchev–Trinajstić information content (AvgIpc) is 2.59. The summed E-state index contributed by atoms with van der Waals surface area (Å²) in [5, 5.41) is 3.32. The Morgan fingerprint density at radius 2 is 1.68 bits per heavy atom. The van der Waals surface area contributed by atoms with Crippen LogP contribution in [0.3, 0.4) is 0 Å². The standard InChI is InChI=1S/C20H23N5/c1-4-25(17-8-6-5-7-9-17)20-18(21)19(22-13-23-20)24-16-11-14(2)10-15(3)12-16/h5-13H,4,21H2,1-3H3,(H,22,23,24). The Balaban J connectivity index is 1.97. The lowest BCUT2D eigenvalue weighted by molar-refractivity contribution is 0.980. The normalized spacial score (nSPS) is 10.5. The summed E-state index contributed by atoms with van der Waals surface area (Å²) in [6, 6.07) is 16.4. The van der Waals surface area contributed by atoms with E-state index in [1.807, 2.05) is 30.3 Å². The van der Waals surface area contributed by atoms with Gasteiger partial charge in [0.1, 0.15) is 12.0 Å². The highest BCUT2D eigenvalue weighted by Crippen LogP contribution is 2.32. The van der Waals surface area contributed by atoms with E-state index in [0.717, 1.165) is 17.9 Å². The zero-order chi connectivity index (χ0) is 17.8. The Bertz CT molecular complexity index is 841. The number of rotatable bonds is 5. The second-order valence-corrected chi connectivity index (χ2v) is 6.04. The van der Waals surface area contributed by atoms with E-state index >= 15 is 0 Å². The van der Waals surface area contributed by atoms with Gasteiger partial charge in [-0.05, 0) is 56.2 Å². The summed E-state index contributed by atoms with van der Waals surface area (Å²) in [5.74, 6) is 1.32. The largest absolute Gasteiger partial charge is 0.393 e. The molecule has 0 aliphatic heterocycles. The number of nitrogens with one attached hydrogen (secondary N) is 1. The van der Waals surface area contributed by atoms with Gasteiger partial charge in [0.15, 0.2) is 11.6 Å². The fourth-order valence-corrected chi connectivity index (χ4v) is 2.95. The van der Waals surface area contributed by atoms with E-state index in [0.29, 0.717) is 17.3 Å². The number of anilines is 5. The van der Waals surface area contributed by atoms with Crippen molar-refractivity contribution in [2.75, 3.05) is 22.5 Å². The van der Waals surface area contributed by atoms with Crippen LogP contribution in [-0.4, -0.2) is 16.5 Å². The third kappa shape index (κ3) is 3.71. The van der Waals surface area contributed by atoms with Crippen molar-refractivity contribution < 1.29 is 0 Å². The van der Waals surface area contributed by atoms with Gasteiger partial charge in [-0.15, -0.1) is 0 Å². The Kier molecular flexibility index (Phi) is 4.84. The molecule has 0 spiro atoms. The number of hydrogen-bond acceptors (Lipinski definition) is 5. The topological polar surface area (TPSA) is 67.1 Å². The van der Waals surface area contributed by atoms with E-state index in [-0.39, 0.29) is 0 Å². The number of aromatic nitrogens is 2. The van der Waals surface area contributed by atoms with Gasteiger partial charge >= 0.3 is 0 Å². The van der Waals surface area contributed by atoms with E-state index in [1.54, 1.807) is 6.33 Å². The van der Waals surface area contributed by atoms with Crippen molar-refractivity contribution in [3.05, 3.63) is 66.0 Å². The Morgan fingerprint density at radius 3 is 2.32 bits per heavy atom. The number of benzene rings is 2. The molecule has 0 unspecified atom stereocenters. The van der Waals surface area contributed by atoms with Crippen LogP contribution >= 0.6 is 0 Å². The summed E-state index contributed by atoms with van der Waals surface area (Å²) >= 11 is 0. The predicted octanol–water partition coefficient (Wildman–Crippen LogP) is 4.58. The van der Waals surface area contributed by atoms with Crippen molar-refractivity contribution in [3.8, 4) is 0 Å². The van der Waals surface area contributed by atoms with Gasteiger partial charge in [-0.1, -0.05) is 24.3 Å². The minimum absolute atomic E-state index is 0.535. The van der Waals surface area contributed by atoms with Gasteiger partial charge < -0.3 is 16.0 Å². The summed E-state index contributed by atoms with van der Waals surface area (Å²) in [6.45, 7) is 6.97. The molecule has 0 aliphatic rings. The lowest BCUT2D eigenvalue weighted by atomic mass is 10.1. The van der Waals surface area contributed by atoms with Crippen molar-refractivity contribution in [2.24, 2.45) is 0 Å². The molecule has 0 amide bonds. The van der Waals surface area contributed by atoms with Crippen LogP contribution in [0, 0.1) is 13.8 Å². The van der Waals surface area contributed by atoms with Crippen LogP contribution in [0.5, 0.6) is 0 Å². The summed E-state index contributed by atoms with van der Waals surface area (Å²) in [5.41, 5.74) is 11.3. The molecule has 0 atom stereocenters. The maximum Gasteiger partial charge on any atom is 0.161 e. The lowest BCUT2D eigenvalue weighted by Gasteiger charge is -2.24. The van der Waals surface area contributed by atoms with Crippen molar-refractivity contribution in [2.45, 2.75) is 20.8 Å². The number of para-hydroxylation sites is 1. The van der Waals surface area contributed by atoms with Gasteiger partial charge in [0.05, 0.1) is 0 Å². The van der Waals surface area contributed by atoms with Gasteiger partial charge in [-0.25, -0.2) is 9.97 Å². The maximum atomic E-state index is 6.39. The van der Waals surface area contributed by atoms with Gasteiger partial charge in [-0.3, -0.25) is 0 Å². The number of nitrogen functional groups attached to an aromatic ring is 1. The molecule has 2 aromatic carbocycles. The molecule has 0 saturated carbocycles. The fourth-order valence-electron chi connectivity index (χ4n) is 2.95. The lowest BCUT2D eigenvalue weighted by Crippen LogP contribution is -2.19. The molecule has 1 heterocycles. The van der Waals surface area contributed by atoms with Crippen molar-refractivity contribution in [1.29, 1.82) is 0 Å². The molecule has 0 radical (unpaired) electrons. The predicted molar refractivity (Wildman–Crippen MR) is 105 cm³/mol. The van der Waals surface area contributed by atoms with Crippen LogP contribution in [0.25, 0.3) is 0 Å².